The lowest BCUT2D eigenvalue weighted by Crippen LogP contribution is -2.50. The van der Waals surface area contributed by atoms with Crippen LogP contribution in [0.1, 0.15) is 29.8 Å². The number of aliphatic hydroxyl groups is 1. The number of aryl methyl sites for hydroxylation is 1. The fourth-order valence-electron chi connectivity index (χ4n) is 4.85. The number of sulfonamides is 1. The summed E-state index contributed by atoms with van der Waals surface area (Å²) >= 11 is 0. The third-order valence-electron chi connectivity index (χ3n) is 7.28. The summed E-state index contributed by atoms with van der Waals surface area (Å²) in [5.74, 6) is -0.494. The second-order valence-electron chi connectivity index (χ2n) is 10.4. The number of aliphatic hydroxyl groups excluding tert-OH is 1. The van der Waals surface area contributed by atoms with Gasteiger partial charge < -0.3 is 24.6 Å². The van der Waals surface area contributed by atoms with Crippen molar-refractivity contribution in [2.24, 2.45) is 13.0 Å². The smallest absolute Gasteiger partial charge is 0.258 e. The molecule has 3 aromatic rings. The van der Waals surface area contributed by atoms with E-state index in [0.29, 0.717) is 11.4 Å². The van der Waals surface area contributed by atoms with Crippen molar-refractivity contribution in [3.8, 4) is 5.75 Å². The fourth-order valence-corrected chi connectivity index (χ4v) is 5.27. The molecule has 2 aromatic carbocycles. The van der Waals surface area contributed by atoms with Gasteiger partial charge in [-0.15, -0.1) is 0 Å². The van der Waals surface area contributed by atoms with E-state index in [-0.39, 0.29) is 49.4 Å². The molecular weight excluding hydrogens is 520 g/mol. The van der Waals surface area contributed by atoms with Crippen molar-refractivity contribution >= 4 is 38.4 Å². The highest BCUT2D eigenvalue weighted by Gasteiger charge is 2.34. The quantitative estimate of drug-likeness (QED) is 0.440. The van der Waals surface area contributed by atoms with Crippen molar-refractivity contribution in [2.45, 2.75) is 32.4 Å². The highest BCUT2D eigenvalue weighted by Crippen LogP contribution is 2.31. The Morgan fingerprint density at radius 1 is 1.26 bits per heavy atom. The van der Waals surface area contributed by atoms with Gasteiger partial charge >= 0.3 is 0 Å². The largest absolute Gasteiger partial charge is 0.488 e. The Kier molecular flexibility index (Phi) is 8.34. The number of para-hydroxylation sites is 1. The average molecular weight is 557 g/mol. The van der Waals surface area contributed by atoms with E-state index in [9.17, 15) is 23.1 Å². The molecule has 0 radical (unpaired) electrons. The summed E-state index contributed by atoms with van der Waals surface area (Å²) in [6.07, 6.45) is 2.68. The molecule has 210 valence electrons. The Balaban J connectivity index is 1.62. The summed E-state index contributed by atoms with van der Waals surface area (Å²) in [7, 11) is -0.0230. The molecule has 0 saturated heterocycles. The maximum absolute atomic E-state index is 13.6. The second-order valence-corrected chi connectivity index (χ2v) is 12.5. The molecule has 3 atom stereocenters. The van der Waals surface area contributed by atoms with Crippen molar-refractivity contribution in [2.75, 3.05) is 38.3 Å². The number of fused-ring (bicyclic) bond motifs is 2. The molecule has 10 nitrogen and oxygen atoms in total. The van der Waals surface area contributed by atoms with Crippen LogP contribution in [-0.2, 0) is 28.3 Å². The van der Waals surface area contributed by atoms with E-state index in [1.165, 1.54) is 11.4 Å². The minimum Gasteiger partial charge on any atom is -0.488 e. The van der Waals surface area contributed by atoms with Gasteiger partial charge in [-0.1, -0.05) is 25.1 Å². The summed E-state index contributed by atoms with van der Waals surface area (Å²) in [6, 6.07) is 12.3. The Morgan fingerprint density at radius 3 is 2.67 bits per heavy atom. The van der Waals surface area contributed by atoms with Crippen molar-refractivity contribution in [3.05, 3.63) is 59.8 Å². The lowest BCUT2D eigenvalue weighted by Gasteiger charge is -2.38. The minimum atomic E-state index is -3.44. The van der Waals surface area contributed by atoms with Crippen LogP contribution in [-0.4, -0.2) is 84.3 Å². The molecule has 0 bridgehead atoms. The number of carbonyl (C=O) groups excluding carboxylic acids is 2. The molecule has 0 aliphatic carbocycles. The first-order valence-electron chi connectivity index (χ1n) is 12.9. The molecule has 2 heterocycles. The van der Waals surface area contributed by atoms with Crippen LogP contribution in [0.3, 0.4) is 0 Å². The zero-order valence-corrected chi connectivity index (χ0v) is 23.7. The van der Waals surface area contributed by atoms with Crippen molar-refractivity contribution in [3.63, 3.8) is 0 Å². The maximum Gasteiger partial charge on any atom is 0.258 e. The van der Waals surface area contributed by atoms with E-state index in [1.807, 2.05) is 49.0 Å². The number of hydrogen-bond donors (Lipinski definition) is 2. The topological polar surface area (TPSA) is 121 Å². The lowest BCUT2D eigenvalue weighted by molar-refractivity contribution is -0.115. The third kappa shape index (κ3) is 6.26. The van der Waals surface area contributed by atoms with Gasteiger partial charge in [0.2, 0.25) is 15.9 Å². The molecule has 39 heavy (non-hydrogen) atoms. The van der Waals surface area contributed by atoms with Gasteiger partial charge in [0.25, 0.3) is 5.91 Å². The summed E-state index contributed by atoms with van der Waals surface area (Å²) in [4.78, 5) is 28.2. The predicted molar refractivity (Wildman–Crippen MR) is 150 cm³/mol. The molecule has 0 saturated carbocycles. The number of benzene rings is 2. The van der Waals surface area contributed by atoms with Gasteiger partial charge in [-0.25, -0.2) is 12.7 Å². The van der Waals surface area contributed by atoms with Crippen LogP contribution < -0.4 is 10.1 Å². The molecule has 1 aliphatic heterocycles. The van der Waals surface area contributed by atoms with Gasteiger partial charge in [0, 0.05) is 49.3 Å². The van der Waals surface area contributed by atoms with E-state index in [4.69, 9.17) is 4.74 Å². The molecule has 11 heteroatoms. The van der Waals surface area contributed by atoms with Crippen LogP contribution in [0.5, 0.6) is 5.75 Å². The third-order valence-corrected chi connectivity index (χ3v) is 8.56. The van der Waals surface area contributed by atoms with Gasteiger partial charge in [0.05, 0.1) is 37.4 Å². The number of anilines is 1. The van der Waals surface area contributed by atoms with Gasteiger partial charge in [-0.2, -0.15) is 0 Å². The standard InChI is InChI=1S/C28H36N4O6S/c1-18-14-32(19(2)17-33)28(35)23-13-21(10-11-25(23)38-26(18)16-31(4)39(5,36)37)29-27(34)12-20-15-30(3)24-9-7-6-8-22(20)24/h6-11,13,15,18-19,26,33H,12,14,16-17H2,1-5H3,(H,29,34)/t18-,19+,26-/m0/s1. The van der Waals surface area contributed by atoms with E-state index >= 15 is 0 Å². The Bertz CT molecular complexity index is 1480. The first kappa shape index (κ1) is 28.6. The molecular formula is C28H36N4O6S. The van der Waals surface area contributed by atoms with Crippen molar-refractivity contribution in [1.29, 1.82) is 0 Å². The molecule has 0 fully saturated rings. The zero-order chi connectivity index (χ0) is 28.5. The fraction of sp³-hybridized carbons (Fsp3) is 0.429. The van der Waals surface area contributed by atoms with Gasteiger partial charge in [-0.05, 0) is 36.8 Å². The van der Waals surface area contributed by atoms with Gasteiger partial charge in [0.15, 0.2) is 0 Å². The highest BCUT2D eigenvalue weighted by atomic mass is 32.2. The molecule has 1 aromatic heterocycles. The van der Waals surface area contributed by atoms with Gasteiger partial charge in [0.1, 0.15) is 11.9 Å². The number of amides is 2. The number of nitrogens with one attached hydrogen (secondary N) is 1. The second kappa shape index (κ2) is 11.4. The predicted octanol–water partition coefficient (Wildman–Crippen LogP) is 2.47. The molecule has 2 N–H and O–H groups in total. The minimum absolute atomic E-state index is 0.0957. The van der Waals surface area contributed by atoms with Crippen LogP contribution in [0.2, 0.25) is 0 Å². The van der Waals surface area contributed by atoms with E-state index < -0.39 is 22.2 Å². The van der Waals surface area contributed by atoms with E-state index in [0.717, 1.165) is 22.7 Å². The number of aromatic nitrogens is 1. The molecule has 4 rings (SSSR count). The van der Waals surface area contributed by atoms with E-state index in [2.05, 4.69) is 5.32 Å². The molecule has 0 unspecified atom stereocenters. The van der Waals surface area contributed by atoms with Crippen LogP contribution in [0, 0.1) is 5.92 Å². The Hall–Kier alpha value is -3.41. The van der Waals surface area contributed by atoms with Crippen molar-refractivity contribution < 1.29 is 27.9 Å². The summed E-state index contributed by atoms with van der Waals surface area (Å²) < 4.78 is 33.6. The number of hydrogen-bond acceptors (Lipinski definition) is 6. The number of likely N-dealkylation sites (N-methyl/N-ethyl adjacent to an activating group) is 1. The zero-order valence-electron chi connectivity index (χ0n) is 22.9. The monoisotopic (exact) mass is 556 g/mol. The van der Waals surface area contributed by atoms with Gasteiger partial charge in [-0.3, -0.25) is 9.59 Å². The van der Waals surface area contributed by atoms with Crippen LogP contribution in [0.4, 0.5) is 5.69 Å². The maximum atomic E-state index is 13.6. The highest BCUT2D eigenvalue weighted by molar-refractivity contribution is 7.88. The summed E-state index contributed by atoms with van der Waals surface area (Å²) in [6.45, 7) is 3.76. The van der Waals surface area contributed by atoms with Crippen molar-refractivity contribution in [1.82, 2.24) is 13.8 Å². The Labute approximate surface area is 229 Å². The molecule has 2 amide bonds. The van der Waals surface area contributed by atoms with E-state index in [1.54, 1.807) is 30.0 Å². The number of rotatable bonds is 8. The average Bonchev–Trinajstić information content (AvgIpc) is 3.20. The normalized spacial score (nSPS) is 18.8. The lowest BCUT2D eigenvalue weighted by atomic mass is 9.99. The first-order chi connectivity index (χ1) is 18.4. The SMILES string of the molecule is C[C@H](CO)N1C[C@H](C)[C@H](CN(C)S(C)(=O)=O)Oc2ccc(NC(=O)Cc3cn(C)c4ccccc34)cc2C1=O. The van der Waals surface area contributed by atoms with Crippen LogP contribution >= 0.6 is 0 Å². The number of nitrogens with zero attached hydrogens (tertiary/aromatic N) is 3. The molecule has 1 aliphatic rings. The number of carbonyl (C=O) groups is 2. The number of ether oxygens (including phenoxy) is 1. The molecule has 0 spiro atoms. The Morgan fingerprint density at radius 2 is 1.97 bits per heavy atom. The van der Waals surface area contributed by atoms with Crippen LogP contribution in [0.25, 0.3) is 10.9 Å². The first-order valence-corrected chi connectivity index (χ1v) is 14.7. The summed E-state index contributed by atoms with van der Waals surface area (Å²) in [5.41, 5.74) is 2.60. The van der Waals surface area contributed by atoms with Crippen LogP contribution in [0.15, 0.2) is 48.7 Å². The summed E-state index contributed by atoms with van der Waals surface area (Å²) in [5, 5.41) is 13.7.